The number of anilines is 4. The smallest absolute Gasteiger partial charge is 0.340 e. The standard InChI is InChI=1S/C21H26N4O4S/c1-29-21(26)18-6-3-7-19(20(18)22)25-12-10-24(11-13-25)16-5-2-4-15(14-16)23-30(27,28)17-8-9-17/h2-7,14,17,23H,8-13,22H2,1H3. The first-order valence-corrected chi connectivity index (χ1v) is 11.5. The SMILES string of the molecule is COC(=O)c1cccc(N2CCN(c3cccc(NS(=O)(=O)C4CC4)c3)CC2)c1N. The first kappa shape index (κ1) is 20.3. The largest absolute Gasteiger partial charge is 0.465 e. The number of para-hydroxylation sites is 1. The summed E-state index contributed by atoms with van der Waals surface area (Å²) >= 11 is 0. The van der Waals surface area contributed by atoms with Crippen molar-refractivity contribution in [3.05, 3.63) is 48.0 Å². The van der Waals surface area contributed by atoms with E-state index in [1.54, 1.807) is 18.2 Å². The van der Waals surface area contributed by atoms with Crippen molar-refractivity contribution in [2.75, 3.05) is 53.5 Å². The monoisotopic (exact) mass is 430 g/mol. The van der Waals surface area contributed by atoms with Gasteiger partial charge in [0.25, 0.3) is 0 Å². The van der Waals surface area contributed by atoms with Crippen molar-refractivity contribution in [2.24, 2.45) is 0 Å². The van der Waals surface area contributed by atoms with Gasteiger partial charge < -0.3 is 20.3 Å². The van der Waals surface area contributed by atoms with Gasteiger partial charge in [0, 0.05) is 31.9 Å². The summed E-state index contributed by atoms with van der Waals surface area (Å²) in [6.45, 7) is 2.96. The molecule has 0 amide bonds. The number of rotatable bonds is 6. The molecule has 1 aliphatic heterocycles. The molecule has 0 atom stereocenters. The van der Waals surface area contributed by atoms with Crippen molar-refractivity contribution in [2.45, 2.75) is 18.1 Å². The summed E-state index contributed by atoms with van der Waals surface area (Å²) in [5.41, 5.74) is 9.41. The van der Waals surface area contributed by atoms with Gasteiger partial charge in [-0.15, -0.1) is 0 Å². The number of nitrogen functional groups attached to an aromatic ring is 1. The lowest BCUT2D eigenvalue weighted by atomic mass is 10.1. The van der Waals surface area contributed by atoms with Crippen LogP contribution in [0.15, 0.2) is 42.5 Å². The van der Waals surface area contributed by atoms with Gasteiger partial charge in [-0.3, -0.25) is 4.72 Å². The van der Waals surface area contributed by atoms with Gasteiger partial charge >= 0.3 is 5.97 Å². The minimum Gasteiger partial charge on any atom is -0.465 e. The second kappa shape index (κ2) is 8.06. The molecule has 30 heavy (non-hydrogen) atoms. The Morgan fingerprint density at radius 3 is 2.40 bits per heavy atom. The highest BCUT2D eigenvalue weighted by Gasteiger charge is 2.35. The molecule has 1 saturated carbocycles. The molecule has 160 valence electrons. The van der Waals surface area contributed by atoms with Crippen LogP contribution in [0.2, 0.25) is 0 Å². The van der Waals surface area contributed by atoms with Crippen LogP contribution in [-0.2, 0) is 14.8 Å². The quantitative estimate of drug-likeness (QED) is 0.535. The van der Waals surface area contributed by atoms with Gasteiger partial charge in [0.2, 0.25) is 10.0 Å². The highest BCUT2D eigenvalue weighted by atomic mass is 32.2. The molecule has 0 aromatic heterocycles. The third-order valence-electron chi connectivity index (χ3n) is 5.54. The van der Waals surface area contributed by atoms with Crippen molar-refractivity contribution < 1.29 is 17.9 Å². The van der Waals surface area contributed by atoms with Crippen LogP contribution < -0.4 is 20.3 Å². The summed E-state index contributed by atoms with van der Waals surface area (Å²) in [6.07, 6.45) is 1.47. The van der Waals surface area contributed by atoms with Gasteiger partial charge in [-0.2, -0.15) is 0 Å². The maximum absolute atomic E-state index is 12.2. The number of esters is 1. The van der Waals surface area contributed by atoms with Crippen LogP contribution in [0.25, 0.3) is 0 Å². The maximum Gasteiger partial charge on any atom is 0.340 e. The Morgan fingerprint density at radius 2 is 1.73 bits per heavy atom. The number of nitrogens with zero attached hydrogens (tertiary/aromatic N) is 2. The lowest BCUT2D eigenvalue weighted by molar-refractivity contribution is 0.0602. The van der Waals surface area contributed by atoms with Gasteiger partial charge in [-0.25, -0.2) is 13.2 Å². The number of sulfonamides is 1. The van der Waals surface area contributed by atoms with Gasteiger partial charge in [-0.05, 0) is 43.2 Å². The first-order valence-electron chi connectivity index (χ1n) is 9.97. The molecule has 1 heterocycles. The molecule has 2 aliphatic rings. The zero-order valence-corrected chi connectivity index (χ0v) is 17.7. The highest BCUT2D eigenvalue weighted by molar-refractivity contribution is 7.93. The molecule has 0 bridgehead atoms. The minimum absolute atomic E-state index is 0.254. The number of nitrogens with one attached hydrogen (secondary N) is 1. The molecule has 2 aromatic carbocycles. The van der Waals surface area contributed by atoms with E-state index in [4.69, 9.17) is 10.5 Å². The molecular weight excluding hydrogens is 404 g/mol. The van der Waals surface area contributed by atoms with E-state index in [0.717, 1.165) is 50.4 Å². The summed E-state index contributed by atoms with van der Waals surface area (Å²) in [7, 11) is -1.94. The number of ether oxygens (including phenoxy) is 1. The molecule has 8 nitrogen and oxygen atoms in total. The Bertz CT molecular complexity index is 1040. The van der Waals surface area contributed by atoms with Crippen molar-refractivity contribution >= 4 is 38.7 Å². The Labute approximate surface area is 176 Å². The average Bonchev–Trinajstić information content (AvgIpc) is 3.60. The average molecular weight is 431 g/mol. The van der Waals surface area contributed by atoms with Crippen molar-refractivity contribution in [1.82, 2.24) is 0 Å². The van der Waals surface area contributed by atoms with E-state index in [1.807, 2.05) is 24.3 Å². The van der Waals surface area contributed by atoms with Crippen LogP contribution in [0.5, 0.6) is 0 Å². The zero-order valence-electron chi connectivity index (χ0n) is 16.9. The lowest BCUT2D eigenvalue weighted by Gasteiger charge is -2.38. The van der Waals surface area contributed by atoms with Crippen molar-refractivity contribution in [3.63, 3.8) is 0 Å². The van der Waals surface area contributed by atoms with Gasteiger partial charge in [0.15, 0.2) is 0 Å². The molecule has 1 aliphatic carbocycles. The Kier molecular flexibility index (Phi) is 5.46. The predicted molar refractivity (Wildman–Crippen MR) is 119 cm³/mol. The normalized spacial score (nSPS) is 17.0. The van der Waals surface area contributed by atoms with Crippen LogP contribution in [0.1, 0.15) is 23.2 Å². The molecular formula is C21H26N4O4S. The Balaban J connectivity index is 1.44. The second-order valence-corrected chi connectivity index (χ2v) is 9.56. The van der Waals surface area contributed by atoms with E-state index in [2.05, 4.69) is 14.5 Å². The number of carbonyl (C=O) groups excluding carboxylic acids is 1. The second-order valence-electron chi connectivity index (χ2n) is 7.60. The highest BCUT2D eigenvalue weighted by Crippen LogP contribution is 2.32. The van der Waals surface area contributed by atoms with E-state index < -0.39 is 16.0 Å². The number of benzene rings is 2. The summed E-state index contributed by atoms with van der Waals surface area (Å²) in [5, 5.41) is -0.254. The molecule has 0 radical (unpaired) electrons. The molecule has 1 saturated heterocycles. The number of carbonyl (C=O) groups is 1. The van der Waals surface area contributed by atoms with Crippen LogP contribution >= 0.6 is 0 Å². The lowest BCUT2D eigenvalue weighted by Crippen LogP contribution is -2.46. The summed E-state index contributed by atoms with van der Waals surface area (Å²) in [5.74, 6) is -0.446. The first-order chi connectivity index (χ1) is 14.4. The van der Waals surface area contributed by atoms with Gasteiger partial charge in [0.05, 0.1) is 35.0 Å². The van der Waals surface area contributed by atoms with Crippen LogP contribution in [0.4, 0.5) is 22.7 Å². The zero-order chi connectivity index (χ0) is 21.3. The third-order valence-corrected chi connectivity index (χ3v) is 7.41. The van der Waals surface area contributed by atoms with E-state index in [1.165, 1.54) is 7.11 Å². The number of nitrogens with two attached hydrogens (primary N) is 1. The van der Waals surface area contributed by atoms with E-state index in [-0.39, 0.29) is 5.25 Å². The molecule has 2 fully saturated rings. The van der Waals surface area contributed by atoms with Crippen LogP contribution in [0.3, 0.4) is 0 Å². The van der Waals surface area contributed by atoms with E-state index in [0.29, 0.717) is 16.9 Å². The number of methoxy groups -OCH3 is 1. The number of hydrogen-bond donors (Lipinski definition) is 2. The molecule has 0 unspecified atom stereocenters. The third kappa shape index (κ3) is 4.16. The van der Waals surface area contributed by atoms with E-state index >= 15 is 0 Å². The summed E-state index contributed by atoms with van der Waals surface area (Å²) < 4.78 is 31.9. The van der Waals surface area contributed by atoms with Crippen molar-refractivity contribution in [1.29, 1.82) is 0 Å². The number of hydrogen-bond acceptors (Lipinski definition) is 7. The van der Waals surface area contributed by atoms with Crippen LogP contribution in [0, 0.1) is 0 Å². The fraction of sp³-hybridized carbons (Fsp3) is 0.381. The molecule has 2 aromatic rings. The Hall–Kier alpha value is -2.94. The minimum atomic E-state index is -3.28. The summed E-state index contributed by atoms with van der Waals surface area (Å²) in [6, 6.07) is 12.9. The maximum atomic E-state index is 12.2. The summed E-state index contributed by atoms with van der Waals surface area (Å²) in [4.78, 5) is 16.3. The molecule has 9 heteroatoms. The van der Waals surface area contributed by atoms with Gasteiger partial charge in [0.1, 0.15) is 0 Å². The topological polar surface area (TPSA) is 105 Å². The number of piperazine rings is 1. The molecule has 4 rings (SSSR count). The molecule has 0 spiro atoms. The fourth-order valence-corrected chi connectivity index (χ4v) is 5.09. The Morgan fingerprint density at radius 1 is 1.07 bits per heavy atom. The predicted octanol–water partition coefficient (Wildman–Crippen LogP) is 2.29. The van der Waals surface area contributed by atoms with Crippen LogP contribution in [-0.4, -0.2) is 52.9 Å². The molecule has 3 N–H and O–H groups in total. The van der Waals surface area contributed by atoms with Gasteiger partial charge in [-0.1, -0.05) is 12.1 Å². The fourth-order valence-electron chi connectivity index (χ4n) is 3.71. The van der Waals surface area contributed by atoms with E-state index in [9.17, 15) is 13.2 Å². The van der Waals surface area contributed by atoms with Crippen molar-refractivity contribution in [3.8, 4) is 0 Å².